The van der Waals surface area contributed by atoms with Gasteiger partial charge in [0.1, 0.15) is 29.5 Å². The Morgan fingerprint density at radius 3 is 2.51 bits per heavy atom. The summed E-state index contributed by atoms with van der Waals surface area (Å²) in [5.41, 5.74) is 0.360. The monoisotopic (exact) mass is 613 g/mol. The van der Waals surface area contributed by atoms with Crippen molar-refractivity contribution in [2.75, 3.05) is 9.80 Å². The Morgan fingerprint density at radius 1 is 1.16 bits per heavy atom. The molecule has 1 aliphatic carbocycles. The lowest BCUT2D eigenvalue weighted by molar-refractivity contribution is -0.133. The number of carbonyl (C=O) groups is 3. The fourth-order valence-corrected chi connectivity index (χ4v) is 5.61. The number of nitriles is 1. The quantitative estimate of drug-likeness (QED) is 0.360. The van der Waals surface area contributed by atoms with E-state index >= 15 is 0 Å². The van der Waals surface area contributed by atoms with Crippen molar-refractivity contribution in [3.8, 4) is 6.07 Å². The summed E-state index contributed by atoms with van der Waals surface area (Å²) < 4.78 is 56.5. The largest absolute Gasteiger partial charge is 0.351 e. The molecule has 2 atom stereocenters. The molecule has 2 aromatic carbocycles. The molecule has 2 fully saturated rings. The second-order valence-electron chi connectivity index (χ2n) is 10.5. The van der Waals surface area contributed by atoms with E-state index in [0.29, 0.717) is 11.6 Å². The number of nitrogens with zero attached hydrogens (tertiary/aromatic N) is 4. The topological polar surface area (TPSA) is 106 Å². The summed E-state index contributed by atoms with van der Waals surface area (Å²) >= 11 is 6.36. The van der Waals surface area contributed by atoms with Gasteiger partial charge in [-0.3, -0.25) is 24.2 Å². The molecule has 222 valence electrons. The number of nitrogens with one attached hydrogen (secondary N) is 1. The highest BCUT2D eigenvalue weighted by Crippen LogP contribution is 2.40. The number of alkyl halides is 2. The van der Waals surface area contributed by atoms with Crippen molar-refractivity contribution in [3.63, 3.8) is 0 Å². The first-order valence-electron chi connectivity index (χ1n) is 13.3. The first-order chi connectivity index (χ1) is 20.4. The number of hydrogen-bond donors (Lipinski definition) is 1. The van der Waals surface area contributed by atoms with Crippen LogP contribution in [0.4, 0.5) is 29.1 Å². The maximum Gasteiger partial charge on any atom is 0.252 e. The number of amides is 3. The third-order valence-electron chi connectivity index (χ3n) is 7.53. The highest BCUT2D eigenvalue weighted by Gasteiger charge is 2.48. The van der Waals surface area contributed by atoms with Gasteiger partial charge in [0.05, 0.1) is 17.3 Å². The molecule has 0 radical (unpaired) electrons. The zero-order valence-corrected chi connectivity index (χ0v) is 23.4. The third kappa shape index (κ3) is 6.03. The molecule has 13 heteroatoms. The van der Waals surface area contributed by atoms with E-state index < -0.39 is 66.2 Å². The second-order valence-corrected chi connectivity index (χ2v) is 10.9. The van der Waals surface area contributed by atoms with Gasteiger partial charge in [0.25, 0.3) is 11.8 Å². The lowest BCUT2D eigenvalue weighted by Gasteiger charge is -2.39. The first kappa shape index (κ1) is 30.0. The number of rotatable bonds is 7. The van der Waals surface area contributed by atoms with Gasteiger partial charge in [-0.25, -0.2) is 22.5 Å². The SMILES string of the molecule is Cc1c(Cl)cccc1C(C(=O)NC1CC(F)(F)C1)N(C(=O)C1CCC(=O)N1c1cc(C#N)ccn1)c1cc(F)cc(F)c1. The first-order valence-corrected chi connectivity index (χ1v) is 13.7. The summed E-state index contributed by atoms with van der Waals surface area (Å²) in [6, 6.07) is 7.69. The van der Waals surface area contributed by atoms with Crippen molar-refractivity contribution in [1.82, 2.24) is 10.3 Å². The van der Waals surface area contributed by atoms with Crippen LogP contribution in [0.3, 0.4) is 0 Å². The van der Waals surface area contributed by atoms with E-state index in [1.165, 1.54) is 30.5 Å². The zero-order valence-electron chi connectivity index (χ0n) is 22.7. The fraction of sp³-hybridized carbons (Fsp3) is 0.300. The van der Waals surface area contributed by atoms with E-state index in [0.717, 1.165) is 21.9 Å². The third-order valence-corrected chi connectivity index (χ3v) is 7.94. The van der Waals surface area contributed by atoms with Crippen molar-refractivity contribution in [1.29, 1.82) is 5.26 Å². The van der Waals surface area contributed by atoms with Gasteiger partial charge in [0.15, 0.2) is 0 Å². The summed E-state index contributed by atoms with van der Waals surface area (Å²) in [5.74, 6) is -7.32. The van der Waals surface area contributed by atoms with E-state index in [-0.39, 0.29) is 40.5 Å². The Kier molecular flexibility index (Phi) is 8.12. The van der Waals surface area contributed by atoms with Crippen LogP contribution >= 0.6 is 11.6 Å². The molecular weight excluding hydrogens is 590 g/mol. The van der Waals surface area contributed by atoms with Crippen LogP contribution in [0.1, 0.15) is 48.4 Å². The van der Waals surface area contributed by atoms with Crippen molar-refractivity contribution >= 4 is 40.8 Å². The van der Waals surface area contributed by atoms with Crippen LogP contribution in [0.15, 0.2) is 54.7 Å². The molecule has 0 bridgehead atoms. The van der Waals surface area contributed by atoms with E-state index in [1.54, 1.807) is 13.0 Å². The summed E-state index contributed by atoms with van der Waals surface area (Å²) in [4.78, 5) is 47.5. The van der Waals surface area contributed by atoms with Crippen LogP contribution in [0, 0.1) is 29.9 Å². The van der Waals surface area contributed by atoms with Gasteiger partial charge < -0.3 is 5.32 Å². The molecule has 8 nitrogen and oxygen atoms in total. The van der Waals surface area contributed by atoms with E-state index in [9.17, 15) is 37.2 Å². The smallest absolute Gasteiger partial charge is 0.252 e. The molecule has 43 heavy (non-hydrogen) atoms. The minimum Gasteiger partial charge on any atom is -0.351 e. The van der Waals surface area contributed by atoms with Crippen molar-refractivity contribution in [2.24, 2.45) is 0 Å². The summed E-state index contributed by atoms with van der Waals surface area (Å²) in [6.45, 7) is 1.58. The van der Waals surface area contributed by atoms with Gasteiger partial charge in [0, 0.05) is 42.6 Å². The fourth-order valence-electron chi connectivity index (χ4n) is 5.43. The van der Waals surface area contributed by atoms with Gasteiger partial charge in [-0.15, -0.1) is 0 Å². The van der Waals surface area contributed by atoms with Crippen molar-refractivity contribution in [2.45, 2.75) is 56.7 Å². The van der Waals surface area contributed by atoms with E-state index in [1.807, 2.05) is 6.07 Å². The average Bonchev–Trinajstić information content (AvgIpc) is 3.32. The van der Waals surface area contributed by atoms with Crippen molar-refractivity contribution < 1.29 is 31.9 Å². The van der Waals surface area contributed by atoms with Crippen LogP contribution in [0.2, 0.25) is 5.02 Å². The summed E-state index contributed by atoms with van der Waals surface area (Å²) in [5, 5.41) is 12.1. The number of halogens is 5. The second kappa shape index (κ2) is 11.6. The minimum atomic E-state index is -2.96. The molecule has 1 saturated heterocycles. The van der Waals surface area contributed by atoms with Gasteiger partial charge in [-0.1, -0.05) is 23.7 Å². The molecule has 2 heterocycles. The lowest BCUT2D eigenvalue weighted by atomic mass is 9.87. The molecule has 1 N–H and O–H groups in total. The molecule has 3 aromatic rings. The number of pyridine rings is 1. The predicted octanol–water partition coefficient (Wildman–Crippen LogP) is 5.38. The minimum absolute atomic E-state index is 0.00177. The standard InChI is InChI=1S/C30H24ClF4N5O3/c1-16-22(3-2-4-23(16)31)27(28(42)38-20-13-30(34,35)14-20)39(21-11-18(32)10-19(33)12-21)29(43)24-5-6-26(41)40(24)25-9-17(15-36)7-8-37-25/h2-4,7-12,20,24,27H,5-6,13-14H2,1H3,(H,38,42). The van der Waals surface area contributed by atoms with Crippen LogP contribution in [0.5, 0.6) is 0 Å². The van der Waals surface area contributed by atoms with E-state index in [2.05, 4.69) is 10.3 Å². The molecule has 2 unspecified atom stereocenters. The highest BCUT2D eigenvalue weighted by atomic mass is 35.5. The number of carbonyl (C=O) groups excluding carboxylic acids is 3. The highest BCUT2D eigenvalue weighted by molar-refractivity contribution is 6.31. The molecular formula is C30H24ClF4N5O3. The predicted molar refractivity (Wildman–Crippen MR) is 148 cm³/mol. The van der Waals surface area contributed by atoms with Crippen molar-refractivity contribution in [3.05, 3.63) is 88.1 Å². The van der Waals surface area contributed by atoms with Crippen LogP contribution in [-0.2, 0) is 14.4 Å². The summed E-state index contributed by atoms with van der Waals surface area (Å²) in [6.07, 6.45) is -0.0735. The number of anilines is 2. The molecule has 0 spiro atoms. The Bertz CT molecular complexity index is 1630. The van der Waals surface area contributed by atoms with Crippen LogP contribution < -0.4 is 15.1 Å². The maximum atomic E-state index is 14.6. The Hall–Kier alpha value is -4.50. The van der Waals surface area contributed by atoms with Gasteiger partial charge in [0.2, 0.25) is 11.8 Å². The average molecular weight is 614 g/mol. The Morgan fingerprint density at radius 2 is 1.86 bits per heavy atom. The molecule has 3 amide bonds. The lowest BCUT2D eigenvalue weighted by Crippen LogP contribution is -2.56. The Labute approximate surface area is 248 Å². The van der Waals surface area contributed by atoms with Gasteiger partial charge >= 0.3 is 0 Å². The van der Waals surface area contributed by atoms with Crippen LogP contribution in [-0.4, -0.2) is 40.7 Å². The number of aromatic nitrogens is 1. The molecule has 1 aromatic heterocycles. The van der Waals surface area contributed by atoms with Gasteiger partial charge in [-0.05, 0) is 54.8 Å². The van der Waals surface area contributed by atoms with E-state index in [4.69, 9.17) is 11.6 Å². The Balaban J connectivity index is 1.65. The zero-order chi connectivity index (χ0) is 31.1. The normalized spacial score (nSPS) is 18.5. The number of hydrogen-bond acceptors (Lipinski definition) is 5. The summed E-state index contributed by atoms with van der Waals surface area (Å²) in [7, 11) is 0. The number of benzene rings is 2. The molecule has 5 rings (SSSR count). The van der Waals surface area contributed by atoms with Crippen LogP contribution in [0.25, 0.3) is 0 Å². The molecule has 1 saturated carbocycles. The van der Waals surface area contributed by atoms with Gasteiger partial charge in [-0.2, -0.15) is 5.26 Å². The molecule has 1 aliphatic heterocycles. The molecule has 2 aliphatic rings. The maximum absolute atomic E-state index is 14.6.